The van der Waals surface area contributed by atoms with E-state index in [9.17, 15) is 4.79 Å². The number of rotatable bonds is 4. The Hall–Kier alpha value is -3.12. The molecule has 5 rings (SSSR count). The zero-order chi connectivity index (χ0) is 19.6. The minimum Gasteiger partial charge on any atom is -0.345 e. The van der Waals surface area contributed by atoms with Crippen molar-refractivity contribution in [2.75, 3.05) is 31.1 Å². The number of fused-ring (bicyclic) bond motifs is 1. The molecule has 4 aromatic rings. The molecule has 0 unspecified atom stereocenters. The van der Waals surface area contributed by atoms with Gasteiger partial charge in [-0.3, -0.25) is 4.79 Å². The van der Waals surface area contributed by atoms with Gasteiger partial charge in [-0.25, -0.2) is 4.98 Å². The summed E-state index contributed by atoms with van der Waals surface area (Å²) in [5.41, 5.74) is 3.31. The fourth-order valence-corrected chi connectivity index (χ4v) is 4.68. The fraction of sp³-hybridized carbons (Fsp3) is 0.217. The van der Waals surface area contributed by atoms with E-state index in [1.165, 1.54) is 0 Å². The Kier molecular flexibility index (Phi) is 4.77. The maximum absolute atomic E-state index is 13.2. The van der Waals surface area contributed by atoms with Crippen molar-refractivity contribution in [3.05, 3.63) is 72.2 Å². The van der Waals surface area contributed by atoms with Crippen molar-refractivity contribution in [3.8, 4) is 11.3 Å². The summed E-state index contributed by atoms with van der Waals surface area (Å²) in [5, 5.41) is 4.20. The van der Waals surface area contributed by atoms with E-state index < -0.39 is 0 Å². The third kappa shape index (κ3) is 3.51. The Labute approximate surface area is 173 Å². The normalized spacial score (nSPS) is 14.5. The molecule has 2 aromatic heterocycles. The second-order valence-electron chi connectivity index (χ2n) is 7.22. The van der Waals surface area contributed by atoms with Crippen molar-refractivity contribution in [2.45, 2.75) is 6.54 Å². The van der Waals surface area contributed by atoms with Crippen LogP contribution in [-0.4, -0.2) is 46.5 Å². The number of para-hydroxylation sites is 1. The van der Waals surface area contributed by atoms with Gasteiger partial charge >= 0.3 is 0 Å². The van der Waals surface area contributed by atoms with Crippen LogP contribution in [0, 0.1) is 0 Å². The van der Waals surface area contributed by atoms with Crippen LogP contribution in [0.2, 0.25) is 0 Å². The zero-order valence-electron chi connectivity index (χ0n) is 16.1. The maximum Gasteiger partial charge on any atom is 0.242 e. The van der Waals surface area contributed by atoms with Crippen LogP contribution in [0.25, 0.3) is 22.2 Å². The highest BCUT2D eigenvalue weighted by atomic mass is 32.1. The van der Waals surface area contributed by atoms with Crippen LogP contribution < -0.4 is 4.90 Å². The van der Waals surface area contributed by atoms with Gasteiger partial charge in [-0.1, -0.05) is 48.5 Å². The lowest BCUT2D eigenvalue weighted by Crippen LogP contribution is -2.49. The van der Waals surface area contributed by atoms with Gasteiger partial charge < -0.3 is 14.4 Å². The molecule has 0 saturated carbocycles. The fourth-order valence-electron chi connectivity index (χ4n) is 3.98. The number of thiazole rings is 1. The maximum atomic E-state index is 13.2. The smallest absolute Gasteiger partial charge is 0.242 e. The molecule has 6 heteroatoms. The highest BCUT2D eigenvalue weighted by Gasteiger charge is 2.23. The Morgan fingerprint density at radius 2 is 1.72 bits per heavy atom. The molecule has 1 amide bonds. The van der Waals surface area contributed by atoms with E-state index in [1.807, 2.05) is 46.8 Å². The Morgan fingerprint density at radius 3 is 2.48 bits per heavy atom. The molecule has 0 atom stereocenters. The number of carbonyl (C=O) groups excluding carboxylic acids is 1. The molecule has 29 heavy (non-hydrogen) atoms. The van der Waals surface area contributed by atoms with Crippen LogP contribution in [0.3, 0.4) is 0 Å². The van der Waals surface area contributed by atoms with Gasteiger partial charge in [0.25, 0.3) is 0 Å². The van der Waals surface area contributed by atoms with E-state index in [2.05, 4.69) is 44.8 Å². The van der Waals surface area contributed by atoms with Crippen molar-refractivity contribution in [1.82, 2.24) is 14.5 Å². The first kappa shape index (κ1) is 17.9. The minimum absolute atomic E-state index is 0.169. The number of hydrogen-bond acceptors (Lipinski definition) is 4. The Bertz CT molecular complexity index is 1110. The molecule has 2 aromatic carbocycles. The van der Waals surface area contributed by atoms with Gasteiger partial charge in [-0.15, -0.1) is 11.3 Å². The average Bonchev–Trinajstić information content (AvgIpc) is 3.43. The summed E-state index contributed by atoms with van der Waals surface area (Å²) in [6.45, 7) is 3.49. The lowest BCUT2D eigenvalue weighted by molar-refractivity contribution is -0.132. The van der Waals surface area contributed by atoms with Crippen LogP contribution >= 0.6 is 11.3 Å². The molecule has 5 nitrogen and oxygen atoms in total. The van der Waals surface area contributed by atoms with Crippen LogP contribution in [-0.2, 0) is 11.3 Å². The second-order valence-corrected chi connectivity index (χ2v) is 8.10. The Balaban J connectivity index is 1.38. The molecule has 1 fully saturated rings. The zero-order valence-corrected chi connectivity index (χ0v) is 16.9. The summed E-state index contributed by atoms with van der Waals surface area (Å²) >= 11 is 1.65. The minimum atomic E-state index is 0.169. The number of piperazine rings is 1. The van der Waals surface area contributed by atoms with Crippen LogP contribution in [0.4, 0.5) is 5.13 Å². The molecule has 3 heterocycles. The third-order valence-corrected chi connectivity index (χ3v) is 6.33. The topological polar surface area (TPSA) is 41.4 Å². The summed E-state index contributed by atoms with van der Waals surface area (Å²) in [5.74, 6) is 0.169. The van der Waals surface area contributed by atoms with Crippen LogP contribution in [0.5, 0.6) is 0 Å². The average molecular weight is 403 g/mol. The molecule has 1 saturated heterocycles. The molecule has 1 aliphatic rings. The van der Waals surface area contributed by atoms with Crippen LogP contribution in [0.15, 0.2) is 72.2 Å². The van der Waals surface area contributed by atoms with E-state index in [1.54, 1.807) is 11.3 Å². The molecular weight excluding hydrogens is 380 g/mol. The van der Waals surface area contributed by atoms with E-state index in [4.69, 9.17) is 0 Å². The lowest BCUT2D eigenvalue weighted by Gasteiger charge is -2.34. The molecule has 0 radical (unpaired) electrons. The summed E-state index contributed by atoms with van der Waals surface area (Å²) in [6.07, 6.45) is 1.83. The summed E-state index contributed by atoms with van der Waals surface area (Å²) < 4.78 is 2.15. The van der Waals surface area contributed by atoms with Crippen molar-refractivity contribution in [2.24, 2.45) is 0 Å². The lowest BCUT2D eigenvalue weighted by atomic mass is 10.1. The summed E-state index contributed by atoms with van der Waals surface area (Å²) in [6, 6.07) is 20.7. The number of hydrogen-bond donors (Lipinski definition) is 0. The first-order valence-electron chi connectivity index (χ1n) is 9.85. The van der Waals surface area contributed by atoms with E-state index in [-0.39, 0.29) is 5.91 Å². The molecule has 146 valence electrons. The molecular formula is C23H22N4OS. The number of anilines is 1. The predicted octanol–water partition coefficient (Wildman–Crippen LogP) is 4.11. The van der Waals surface area contributed by atoms with Crippen LogP contribution in [0.1, 0.15) is 0 Å². The SMILES string of the molecule is O=C(Cn1c(-c2ccccc2)cc2ccccc21)N1CCN(c2nccs2)CC1. The predicted molar refractivity (Wildman–Crippen MR) is 118 cm³/mol. The van der Waals surface area contributed by atoms with E-state index in [0.717, 1.165) is 53.5 Å². The number of aromatic nitrogens is 2. The van der Waals surface area contributed by atoms with Gasteiger partial charge in [0.15, 0.2) is 5.13 Å². The van der Waals surface area contributed by atoms with Crippen molar-refractivity contribution >= 4 is 33.3 Å². The summed E-state index contributed by atoms with van der Waals surface area (Å²) in [7, 11) is 0. The first-order valence-corrected chi connectivity index (χ1v) is 10.7. The molecule has 0 spiro atoms. The monoisotopic (exact) mass is 402 g/mol. The Morgan fingerprint density at radius 1 is 0.966 bits per heavy atom. The van der Waals surface area contributed by atoms with Gasteiger partial charge in [-0.05, 0) is 17.7 Å². The second kappa shape index (κ2) is 7.72. The van der Waals surface area contributed by atoms with Gasteiger partial charge in [0.05, 0.1) is 0 Å². The largest absolute Gasteiger partial charge is 0.345 e. The number of amides is 1. The summed E-state index contributed by atoms with van der Waals surface area (Å²) in [4.78, 5) is 21.8. The molecule has 0 N–H and O–H groups in total. The van der Waals surface area contributed by atoms with E-state index in [0.29, 0.717) is 6.54 Å². The van der Waals surface area contributed by atoms with Gasteiger partial charge in [0.1, 0.15) is 6.54 Å². The van der Waals surface area contributed by atoms with Gasteiger partial charge in [-0.2, -0.15) is 0 Å². The van der Waals surface area contributed by atoms with Crippen molar-refractivity contribution < 1.29 is 4.79 Å². The highest BCUT2D eigenvalue weighted by Crippen LogP contribution is 2.28. The highest BCUT2D eigenvalue weighted by molar-refractivity contribution is 7.13. The van der Waals surface area contributed by atoms with E-state index >= 15 is 0 Å². The number of nitrogens with zero attached hydrogens (tertiary/aromatic N) is 4. The standard InChI is InChI=1S/C23H22N4OS/c28-22(25-11-13-26(14-12-25)23-24-10-15-29-23)17-27-20-9-5-4-8-19(20)16-21(27)18-6-2-1-3-7-18/h1-10,15-16H,11-14,17H2. The molecule has 0 aliphatic carbocycles. The van der Waals surface area contributed by atoms with Crippen molar-refractivity contribution in [3.63, 3.8) is 0 Å². The quantitative estimate of drug-likeness (QED) is 0.516. The van der Waals surface area contributed by atoms with Crippen molar-refractivity contribution in [1.29, 1.82) is 0 Å². The third-order valence-electron chi connectivity index (χ3n) is 5.50. The molecule has 1 aliphatic heterocycles. The number of benzene rings is 2. The first-order chi connectivity index (χ1) is 14.3. The molecule has 0 bridgehead atoms. The van der Waals surface area contributed by atoms with Gasteiger partial charge in [0, 0.05) is 54.4 Å². The van der Waals surface area contributed by atoms with Gasteiger partial charge in [0.2, 0.25) is 5.91 Å². The number of carbonyl (C=O) groups is 1.